The number of carbonyl (C=O) groups excluding carboxylic acids is 2. The number of benzene rings is 2. The Kier molecular flexibility index (Phi) is 7.05. The van der Waals surface area contributed by atoms with Crippen molar-refractivity contribution in [2.24, 2.45) is 0 Å². The number of amides is 1. The zero-order valence-corrected chi connectivity index (χ0v) is 17.9. The van der Waals surface area contributed by atoms with Crippen LogP contribution in [-0.4, -0.2) is 51.3 Å². The molecule has 3 rings (SSSR count). The molecule has 160 valence electrons. The molecule has 7 nitrogen and oxygen atoms in total. The van der Waals surface area contributed by atoms with Crippen molar-refractivity contribution in [2.75, 3.05) is 34.5 Å². The Labute approximate surface area is 180 Å². The summed E-state index contributed by atoms with van der Waals surface area (Å²) in [6.07, 6.45) is 0.658. The van der Waals surface area contributed by atoms with E-state index >= 15 is 0 Å². The third-order valence-corrected chi connectivity index (χ3v) is 5.34. The number of nitrogens with zero attached hydrogens (tertiary/aromatic N) is 1. The Morgan fingerprint density at radius 3 is 2.37 bits per heavy atom. The molecule has 2 aromatic carbocycles. The first-order valence-corrected chi connectivity index (χ1v) is 9.84. The van der Waals surface area contributed by atoms with Crippen molar-refractivity contribution in [1.82, 2.24) is 4.90 Å². The minimum Gasteiger partial charge on any atom is -0.493 e. The van der Waals surface area contributed by atoms with Crippen LogP contribution in [0, 0.1) is 0 Å². The van der Waals surface area contributed by atoms with Gasteiger partial charge < -0.3 is 23.8 Å². The third-order valence-electron chi connectivity index (χ3n) is 5.09. The number of esters is 1. The summed E-state index contributed by atoms with van der Waals surface area (Å²) in [5.74, 6) is 1.07. The van der Waals surface area contributed by atoms with Crippen LogP contribution in [0.5, 0.6) is 17.2 Å². The van der Waals surface area contributed by atoms with Gasteiger partial charge in [0.05, 0.1) is 33.8 Å². The summed E-state index contributed by atoms with van der Waals surface area (Å²) < 4.78 is 21.3. The monoisotopic (exact) mass is 433 g/mol. The topological polar surface area (TPSA) is 74.3 Å². The van der Waals surface area contributed by atoms with Gasteiger partial charge in [-0.25, -0.2) is 0 Å². The molecule has 0 bridgehead atoms. The minimum absolute atomic E-state index is 0.0334. The van der Waals surface area contributed by atoms with E-state index in [2.05, 4.69) is 0 Å². The van der Waals surface area contributed by atoms with Gasteiger partial charge in [0, 0.05) is 11.6 Å². The van der Waals surface area contributed by atoms with Crippen LogP contribution >= 0.6 is 11.6 Å². The number of hydrogen-bond donors (Lipinski definition) is 0. The maximum Gasteiger partial charge on any atom is 0.307 e. The summed E-state index contributed by atoms with van der Waals surface area (Å²) in [6.45, 7) is 0.300. The number of halogens is 1. The van der Waals surface area contributed by atoms with Crippen LogP contribution in [0.2, 0.25) is 5.02 Å². The lowest BCUT2D eigenvalue weighted by atomic mass is 9.90. The highest BCUT2D eigenvalue weighted by atomic mass is 35.5. The molecule has 0 aromatic heterocycles. The van der Waals surface area contributed by atoms with E-state index in [1.165, 1.54) is 7.11 Å². The predicted molar refractivity (Wildman–Crippen MR) is 111 cm³/mol. The lowest BCUT2D eigenvalue weighted by molar-refractivity contribution is -0.144. The largest absolute Gasteiger partial charge is 0.493 e. The smallest absolute Gasteiger partial charge is 0.307 e. The Balaban J connectivity index is 1.85. The molecular formula is C22H24ClNO6. The molecule has 1 heterocycles. The summed E-state index contributed by atoms with van der Waals surface area (Å²) >= 11 is 5.88. The first kappa shape index (κ1) is 21.8. The van der Waals surface area contributed by atoms with Crippen molar-refractivity contribution < 1.29 is 28.5 Å². The summed E-state index contributed by atoms with van der Waals surface area (Å²) in [7, 11) is 4.45. The second-order valence-corrected chi connectivity index (χ2v) is 7.22. The van der Waals surface area contributed by atoms with Crippen LogP contribution in [0.4, 0.5) is 0 Å². The van der Waals surface area contributed by atoms with Crippen LogP contribution in [0.1, 0.15) is 23.6 Å². The van der Waals surface area contributed by atoms with E-state index in [9.17, 15) is 9.59 Å². The number of methoxy groups -OCH3 is 3. The molecule has 1 aliphatic heterocycles. The van der Waals surface area contributed by atoms with Crippen LogP contribution in [0.3, 0.4) is 0 Å². The Morgan fingerprint density at radius 2 is 1.73 bits per heavy atom. The van der Waals surface area contributed by atoms with E-state index in [1.54, 1.807) is 43.4 Å². The summed E-state index contributed by atoms with van der Waals surface area (Å²) in [6, 6.07) is 10.0. The summed E-state index contributed by atoms with van der Waals surface area (Å²) in [5.41, 5.74) is 1.84. The Morgan fingerprint density at radius 1 is 1.07 bits per heavy atom. The van der Waals surface area contributed by atoms with E-state index < -0.39 is 12.0 Å². The molecule has 0 saturated heterocycles. The van der Waals surface area contributed by atoms with Crippen LogP contribution < -0.4 is 14.2 Å². The predicted octanol–water partition coefficient (Wildman–Crippen LogP) is 3.43. The minimum atomic E-state index is -0.484. The molecule has 30 heavy (non-hydrogen) atoms. The standard InChI is InChI=1S/C22H24ClNO6/c1-27-19-10-14-8-9-24(21(25)13-30-16-6-4-15(23)5-7-16)18(12-22(26)29-3)17(14)11-20(19)28-2/h4-7,10-11,18H,8-9,12-13H2,1-3H3/t18-/m1/s1. The molecule has 1 aliphatic rings. The lowest BCUT2D eigenvalue weighted by Gasteiger charge is -2.37. The number of ether oxygens (including phenoxy) is 4. The quantitative estimate of drug-likeness (QED) is 0.623. The molecule has 0 unspecified atom stereocenters. The van der Waals surface area contributed by atoms with Gasteiger partial charge in [0.25, 0.3) is 5.91 Å². The first-order chi connectivity index (χ1) is 14.5. The Bertz CT molecular complexity index is 915. The second kappa shape index (κ2) is 9.71. The van der Waals surface area contributed by atoms with E-state index in [4.69, 9.17) is 30.5 Å². The maximum atomic E-state index is 13.0. The number of rotatable bonds is 7. The fraction of sp³-hybridized carbons (Fsp3) is 0.364. The molecule has 0 N–H and O–H groups in total. The zero-order valence-electron chi connectivity index (χ0n) is 17.1. The van der Waals surface area contributed by atoms with Crippen molar-refractivity contribution in [2.45, 2.75) is 18.9 Å². The highest BCUT2D eigenvalue weighted by molar-refractivity contribution is 6.30. The van der Waals surface area contributed by atoms with Crippen molar-refractivity contribution >= 4 is 23.5 Å². The molecule has 8 heteroatoms. The van der Waals surface area contributed by atoms with Gasteiger partial charge in [-0.05, 0) is 53.9 Å². The molecular weight excluding hydrogens is 410 g/mol. The van der Waals surface area contributed by atoms with Gasteiger partial charge in [0.15, 0.2) is 18.1 Å². The van der Waals surface area contributed by atoms with Gasteiger partial charge in [0.1, 0.15) is 5.75 Å². The molecule has 2 aromatic rings. The summed E-state index contributed by atoms with van der Waals surface area (Å²) in [4.78, 5) is 26.7. The van der Waals surface area contributed by atoms with Crippen LogP contribution in [-0.2, 0) is 20.7 Å². The van der Waals surface area contributed by atoms with Gasteiger partial charge in [0.2, 0.25) is 0 Å². The van der Waals surface area contributed by atoms with E-state index in [1.807, 2.05) is 12.1 Å². The van der Waals surface area contributed by atoms with Crippen molar-refractivity contribution in [3.63, 3.8) is 0 Å². The molecule has 0 aliphatic carbocycles. The first-order valence-electron chi connectivity index (χ1n) is 9.46. The lowest BCUT2D eigenvalue weighted by Crippen LogP contribution is -2.43. The number of fused-ring (bicyclic) bond motifs is 1. The van der Waals surface area contributed by atoms with Gasteiger partial charge >= 0.3 is 5.97 Å². The highest BCUT2D eigenvalue weighted by Gasteiger charge is 2.34. The fourth-order valence-electron chi connectivity index (χ4n) is 3.55. The molecule has 0 fully saturated rings. The Hall–Kier alpha value is -2.93. The number of carbonyl (C=O) groups is 2. The van der Waals surface area contributed by atoms with Crippen molar-refractivity contribution in [3.8, 4) is 17.2 Å². The van der Waals surface area contributed by atoms with E-state index in [0.717, 1.165) is 11.1 Å². The molecule has 1 amide bonds. The average molecular weight is 434 g/mol. The van der Waals surface area contributed by atoms with Gasteiger partial charge in [-0.3, -0.25) is 9.59 Å². The second-order valence-electron chi connectivity index (χ2n) is 6.78. The molecule has 0 radical (unpaired) electrons. The van der Waals surface area contributed by atoms with Crippen molar-refractivity contribution in [3.05, 3.63) is 52.5 Å². The normalized spacial score (nSPS) is 15.2. The third kappa shape index (κ3) is 4.79. The fourth-order valence-corrected chi connectivity index (χ4v) is 3.67. The average Bonchev–Trinajstić information content (AvgIpc) is 2.77. The van der Waals surface area contributed by atoms with Crippen molar-refractivity contribution in [1.29, 1.82) is 0 Å². The summed E-state index contributed by atoms with van der Waals surface area (Å²) in [5, 5.41) is 0.587. The van der Waals surface area contributed by atoms with E-state index in [0.29, 0.717) is 35.2 Å². The van der Waals surface area contributed by atoms with Gasteiger partial charge in [-0.1, -0.05) is 11.6 Å². The van der Waals surface area contributed by atoms with Crippen LogP contribution in [0.15, 0.2) is 36.4 Å². The molecule has 1 atom stereocenters. The SMILES string of the molecule is COC(=O)C[C@@H]1c2cc(OC)c(OC)cc2CCN1C(=O)COc1ccc(Cl)cc1. The van der Waals surface area contributed by atoms with Gasteiger partial charge in [-0.15, -0.1) is 0 Å². The molecule has 0 spiro atoms. The number of hydrogen-bond acceptors (Lipinski definition) is 6. The van der Waals surface area contributed by atoms with Crippen LogP contribution in [0.25, 0.3) is 0 Å². The maximum absolute atomic E-state index is 13.0. The zero-order chi connectivity index (χ0) is 21.7. The van der Waals surface area contributed by atoms with Gasteiger partial charge in [-0.2, -0.15) is 0 Å². The highest BCUT2D eigenvalue weighted by Crippen LogP contribution is 2.39. The molecule has 0 saturated carbocycles. The van der Waals surface area contributed by atoms with E-state index in [-0.39, 0.29) is 18.9 Å².